The van der Waals surface area contributed by atoms with Gasteiger partial charge in [-0.25, -0.2) is 9.67 Å². The third kappa shape index (κ3) is 3.04. The van der Waals surface area contributed by atoms with Crippen molar-refractivity contribution in [3.05, 3.63) is 95.0 Å². The largest absolute Gasteiger partial charge is 0.337 e. The van der Waals surface area contributed by atoms with Crippen molar-refractivity contribution < 1.29 is 4.92 Å². The number of H-pyrrole nitrogens is 1. The number of non-ortho nitro benzene ring substituents is 1. The fourth-order valence-electron chi connectivity index (χ4n) is 3.32. The summed E-state index contributed by atoms with van der Waals surface area (Å²) in [4.78, 5) is 18.7. The van der Waals surface area contributed by atoms with Crippen molar-refractivity contribution in [3.63, 3.8) is 0 Å². The van der Waals surface area contributed by atoms with Crippen LogP contribution >= 0.6 is 0 Å². The second-order valence-electron chi connectivity index (χ2n) is 6.57. The highest BCUT2D eigenvalue weighted by atomic mass is 16.6. The van der Waals surface area contributed by atoms with Crippen LogP contribution in [0.2, 0.25) is 0 Å². The Morgan fingerprint density at radius 3 is 2.48 bits per heavy atom. The van der Waals surface area contributed by atoms with Gasteiger partial charge in [0.05, 0.1) is 27.3 Å². The summed E-state index contributed by atoms with van der Waals surface area (Å²) < 4.78 is 1.71. The van der Waals surface area contributed by atoms with Gasteiger partial charge in [0.15, 0.2) is 5.82 Å². The molecule has 0 radical (unpaired) electrons. The van der Waals surface area contributed by atoms with Crippen molar-refractivity contribution in [3.8, 4) is 28.5 Å². The molecule has 1 N–H and O–H groups in total. The van der Waals surface area contributed by atoms with Gasteiger partial charge in [-0.3, -0.25) is 10.1 Å². The minimum absolute atomic E-state index is 0.0160. The van der Waals surface area contributed by atoms with Crippen LogP contribution in [0, 0.1) is 10.1 Å². The fraction of sp³-hybridized carbons (Fsp3) is 0. The predicted octanol–water partition coefficient (Wildman–Crippen LogP) is 4.99. The van der Waals surface area contributed by atoms with Gasteiger partial charge < -0.3 is 4.98 Å². The SMILES string of the molecule is O=[N+]([O-])c1cccc(-n2nc(-c3nc4ccccc4[nH]3)cc2-c2ccccc2)c1. The number of imidazole rings is 1. The summed E-state index contributed by atoms with van der Waals surface area (Å²) in [5.74, 6) is 0.646. The lowest BCUT2D eigenvalue weighted by Crippen LogP contribution is -2.00. The Morgan fingerprint density at radius 1 is 0.897 bits per heavy atom. The van der Waals surface area contributed by atoms with E-state index in [1.54, 1.807) is 16.8 Å². The van der Waals surface area contributed by atoms with Crippen LogP contribution in [-0.2, 0) is 0 Å². The van der Waals surface area contributed by atoms with Gasteiger partial charge in [-0.2, -0.15) is 5.10 Å². The number of nitro groups is 1. The van der Waals surface area contributed by atoms with E-state index in [4.69, 9.17) is 5.10 Å². The lowest BCUT2D eigenvalue weighted by atomic mass is 10.1. The summed E-state index contributed by atoms with van der Waals surface area (Å²) in [5, 5.41) is 15.9. The van der Waals surface area contributed by atoms with Crippen LogP contribution in [0.15, 0.2) is 84.9 Å². The molecule has 0 aliphatic rings. The number of benzene rings is 3. The Balaban J connectivity index is 1.71. The molecule has 0 amide bonds. The molecule has 0 unspecified atom stereocenters. The van der Waals surface area contributed by atoms with E-state index in [1.807, 2.05) is 60.7 Å². The molecule has 2 heterocycles. The average molecular weight is 381 g/mol. The van der Waals surface area contributed by atoms with Gasteiger partial charge in [0.25, 0.3) is 5.69 Å². The van der Waals surface area contributed by atoms with E-state index in [9.17, 15) is 10.1 Å². The van der Waals surface area contributed by atoms with E-state index in [2.05, 4.69) is 9.97 Å². The molecule has 7 nitrogen and oxygen atoms in total. The second kappa shape index (κ2) is 6.72. The first-order valence-electron chi connectivity index (χ1n) is 9.04. The molecule has 0 fully saturated rings. The smallest absolute Gasteiger partial charge is 0.271 e. The van der Waals surface area contributed by atoms with Crippen molar-refractivity contribution in [2.75, 3.05) is 0 Å². The third-order valence-electron chi connectivity index (χ3n) is 4.70. The monoisotopic (exact) mass is 381 g/mol. The highest BCUT2D eigenvalue weighted by Gasteiger charge is 2.17. The first-order valence-corrected chi connectivity index (χ1v) is 9.04. The van der Waals surface area contributed by atoms with Crippen LogP contribution < -0.4 is 0 Å². The molecule has 7 heteroatoms. The highest BCUT2D eigenvalue weighted by molar-refractivity contribution is 5.79. The first kappa shape index (κ1) is 16.9. The summed E-state index contributed by atoms with van der Waals surface area (Å²) in [6.07, 6.45) is 0. The van der Waals surface area contributed by atoms with Gasteiger partial charge in [0.1, 0.15) is 5.69 Å². The summed E-state index contributed by atoms with van der Waals surface area (Å²) in [7, 11) is 0. The normalized spacial score (nSPS) is 11.0. The van der Waals surface area contributed by atoms with E-state index < -0.39 is 4.92 Å². The number of nitrogens with zero attached hydrogens (tertiary/aromatic N) is 4. The second-order valence-corrected chi connectivity index (χ2v) is 6.57. The molecule has 0 spiro atoms. The molecule has 0 bridgehead atoms. The van der Waals surface area contributed by atoms with Gasteiger partial charge in [0, 0.05) is 17.7 Å². The van der Waals surface area contributed by atoms with Crippen molar-refractivity contribution >= 4 is 16.7 Å². The quantitative estimate of drug-likeness (QED) is 0.351. The lowest BCUT2D eigenvalue weighted by molar-refractivity contribution is -0.384. The third-order valence-corrected chi connectivity index (χ3v) is 4.70. The standard InChI is InChI=1S/C22H15N5O2/c28-27(29)17-10-6-9-16(13-17)26-21(15-7-2-1-3-8-15)14-20(25-26)22-23-18-11-4-5-12-19(18)24-22/h1-14H,(H,23,24). The van der Waals surface area contributed by atoms with Gasteiger partial charge in [-0.05, 0) is 24.3 Å². The van der Waals surface area contributed by atoms with Gasteiger partial charge in [-0.15, -0.1) is 0 Å². The maximum Gasteiger partial charge on any atom is 0.271 e. The molecule has 0 aliphatic carbocycles. The van der Waals surface area contributed by atoms with Crippen LogP contribution in [-0.4, -0.2) is 24.7 Å². The number of aromatic nitrogens is 4. The zero-order valence-electron chi connectivity index (χ0n) is 15.2. The molecule has 140 valence electrons. The molecule has 5 aromatic rings. The molecular weight excluding hydrogens is 366 g/mol. The minimum atomic E-state index is -0.407. The zero-order chi connectivity index (χ0) is 19.8. The van der Waals surface area contributed by atoms with Crippen molar-refractivity contribution in [2.24, 2.45) is 0 Å². The van der Waals surface area contributed by atoms with Crippen LogP contribution in [0.3, 0.4) is 0 Å². The van der Waals surface area contributed by atoms with E-state index >= 15 is 0 Å². The Bertz CT molecular complexity index is 1300. The molecule has 2 aromatic heterocycles. The predicted molar refractivity (Wildman–Crippen MR) is 111 cm³/mol. The summed E-state index contributed by atoms with van der Waals surface area (Å²) in [6.45, 7) is 0. The molecule has 29 heavy (non-hydrogen) atoms. The number of fused-ring (bicyclic) bond motifs is 1. The van der Waals surface area contributed by atoms with Crippen molar-refractivity contribution in [1.82, 2.24) is 19.7 Å². The van der Waals surface area contributed by atoms with Gasteiger partial charge in [0.2, 0.25) is 0 Å². The number of nitro benzene ring substituents is 1. The Labute approximate surface area is 165 Å². The molecule has 5 rings (SSSR count). The molecule has 3 aromatic carbocycles. The van der Waals surface area contributed by atoms with Gasteiger partial charge in [-0.1, -0.05) is 48.5 Å². The molecule has 0 saturated heterocycles. The number of hydrogen-bond donors (Lipinski definition) is 1. The van der Waals surface area contributed by atoms with Crippen LogP contribution in [0.1, 0.15) is 0 Å². The molecular formula is C22H15N5O2. The zero-order valence-corrected chi connectivity index (χ0v) is 15.2. The van der Waals surface area contributed by atoms with Gasteiger partial charge >= 0.3 is 0 Å². The number of para-hydroxylation sites is 2. The Morgan fingerprint density at radius 2 is 1.69 bits per heavy atom. The fourth-order valence-corrected chi connectivity index (χ4v) is 3.32. The molecule has 0 saturated carbocycles. The van der Waals surface area contributed by atoms with E-state index in [1.165, 1.54) is 12.1 Å². The number of nitrogens with one attached hydrogen (secondary N) is 1. The lowest BCUT2D eigenvalue weighted by Gasteiger charge is -2.07. The van der Waals surface area contributed by atoms with Crippen molar-refractivity contribution in [1.29, 1.82) is 0 Å². The Hall–Kier alpha value is -4.26. The number of hydrogen-bond acceptors (Lipinski definition) is 4. The van der Waals surface area contributed by atoms with Crippen LogP contribution in [0.25, 0.3) is 39.5 Å². The van der Waals surface area contributed by atoms with E-state index in [-0.39, 0.29) is 5.69 Å². The molecule has 0 aliphatic heterocycles. The van der Waals surface area contributed by atoms with Crippen LogP contribution in [0.4, 0.5) is 5.69 Å². The molecule has 0 atom stereocenters. The summed E-state index contributed by atoms with van der Waals surface area (Å²) >= 11 is 0. The van der Waals surface area contributed by atoms with Crippen LogP contribution in [0.5, 0.6) is 0 Å². The number of rotatable bonds is 4. The average Bonchev–Trinajstić information content (AvgIpc) is 3.39. The maximum absolute atomic E-state index is 11.2. The Kier molecular flexibility index (Phi) is 3.91. The van der Waals surface area contributed by atoms with E-state index in [0.717, 1.165) is 22.3 Å². The summed E-state index contributed by atoms with van der Waals surface area (Å²) in [5.41, 5.74) is 4.84. The number of aromatic amines is 1. The van der Waals surface area contributed by atoms with E-state index in [0.29, 0.717) is 17.2 Å². The van der Waals surface area contributed by atoms with Crippen molar-refractivity contribution in [2.45, 2.75) is 0 Å². The summed E-state index contributed by atoms with van der Waals surface area (Å²) in [6, 6.07) is 25.9. The highest BCUT2D eigenvalue weighted by Crippen LogP contribution is 2.29. The first-order chi connectivity index (χ1) is 14.2. The topological polar surface area (TPSA) is 89.6 Å². The maximum atomic E-state index is 11.2. The minimum Gasteiger partial charge on any atom is -0.337 e.